The lowest BCUT2D eigenvalue weighted by Gasteiger charge is -2.34. The van der Waals surface area contributed by atoms with Crippen molar-refractivity contribution in [2.75, 3.05) is 33.8 Å². The van der Waals surface area contributed by atoms with Crippen LogP contribution >= 0.6 is 0 Å². The SMILES string of the molecule is CCCC(C)(CNCC)CN(C)Cc1cccc(OC)c1. The number of benzene rings is 1. The zero-order valence-corrected chi connectivity index (χ0v) is 14.4. The van der Waals surface area contributed by atoms with Gasteiger partial charge in [0.25, 0.3) is 0 Å². The normalized spacial score (nSPS) is 14.2. The summed E-state index contributed by atoms with van der Waals surface area (Å²) in [4.78, 5) is 2.42. The summed E-state index contributed by atoms with van der Waals surface area (Å²) in [6, 6.07) is 8.35. The van der Waals surface area contributed by atoms with E-state index < -0.39 is 0 Å². The second-order valence-electron chi connectivity index (χ2n) is 6.36. The maximum atomic E-state index is 5.30. The molecule has 0 saturated heterocycles. The summed E-state index contributed by atoms with van der Waals surface area (Å²) in [5.74, 6) is 0.935. The molecule has 0 aliphatic heterocycles. The van der Waals surface area contributed by atoms with Crippen molar-refractivity contribution in [3.8, 4) is 5.75 Å². The maximum absolute atomic E-state index is 5.30. The van der Waals surface area contributed by atoms with Crippen molar-refractivity contribution in [1.82, 2.24) is 10.2 Å². The number of nitrogens with zero attached hydrogens (tertiary/aromatic N) is 1. The Morgan fingerprint density at radius 3 is 2.67 bits per heavy atom. The Hall–Kier alpha value is -1.06. The molecule has 0 bridgehead atoms. The van der Waals surface area contributed by atoms with Crippen molar-refractivity contribution in [1.29, 1.82) is 0 Å². The van der Waals surface area contributed by atoms with E-state index in [0.717, 1.165) is 31.9 Å². The number of rotatable bonds is 10. The van der Waals surface area contributed by atoms with E-state index in [4.69, 9.17) is 4.74 Å². The fraction of sp³-hybridized carbons (Fsp3) is 0.667. The smallest absolute Gasteiger partial charge is 0.119 e. The predicted molar refractivity (Wildman–Crippen MR) is 90.9 cm³/mol. The van der Waals surface area contributed by atoms with Crippen LogP contribution in [-0.4, -0.2) is 38.7 Å². The van der Waals surface area contributed by atoms with E-state index in [1.165, 1.54) is 18.4 Å². The van der Waals surface area contributed by atoms with E-state index >= 15 is 0 Å². The number of methoxy groups -OCH3 is 1. The lowest BCUT2D eigenvalue weighted by atomic mass is 9.84. The monoisotopic (exact) mass is 292 g/mol. The fourth-order valence-electron chi connectivity index (χ4n) is 3.04. The molecule has 0 spiro atoms. The molecule has 1 aromatic carbocycles. The standard InChI is InChI=1S/C18H32N2O/c1-6-11-18(3,14-19-7-2)15-20(4)13-16-9-8-10-17(12-16)21-5/h8-10,12,19H,6-7,11,13-15H2,1-5H3. The molecule has 1 rings (SSSR count). The van der Waals surface area contributed by atoms with E-state index in [0.29, 0.717) is 5.41 Å². The number of ether oxygens (including phenoxy) is 1. The van der Waals surface area contributed by atoms with Gasteiger partial charge >= 0.3 is 0 Å². The number of nitrogens with one attached hydrogen (secondary N) is 1. The van der Waals surface area contributed by atoms with E-state index in [9.17, 15) is 0 Å². The highest BCUT2D eigenvalue weighted by Gasteiger charge is 2.24. The minimum atomic E-state index is 0.332. The van der Waals surface area contributed by atoms with E-state index in [2.05, 4.69) is 56.2 Å². The zero-order chi connectivity index (χ0) is 15.7. The third kappa shape index (κ3) is 6.49. The first-order valence-corrected chi connectivity index (χ1v) is 8.05. The van der Waals surface area contributed by atoms with E-state index in [1.807, 2.05) is 6.07 Å². The molecular formula is C18H32N2O. The van der Waals surface area contributed by atoms with Crippen LogP contribution in [0.25, 0.3) is 0 Å². The second kappa shape index (κ2) is 9.06. The van der Waals surface area contributed by atoms with Gasteiger partial charge in [-0.1, -0.05) is 39.3 Å². The highest BCUT2D eigenvalue weighted by molar-refractivity contribution is 5.28. The van der Waals surface area contributed by atoms with Gasteiger partial charge in [-0.25, -0.2) is 0 Å². The molecule has 1 aromatic rings. The molecule has 21 heavy (non-hydrogen) atoms. The van der Waals surface area contributed by atoms with Gasteiger partial charge in [-0.05, 0) is 43.1 Å². The van der Waals surface area contributed by atoms with Gasteiger partial charge in [0.05, 0.1) is 7.11 Å². The largest absolute Gasteiger partial charge is 0.497 e. The summed E-state index contributed by atoms with van der Waals surface area (Å²) in [7, 11) is 3.93. The van der Waals surface area contributed by atoms with Crippen molar-refractivity contribution in [3.63, 3.8) is 0 Å². The molecule has 0 radical (unpaired) electrons. The van der Waals surface area contributed by atoms with E-state index in [1.54, 1.807) is 7.11 Å². The van der Waals surface area contributed by atoms with Crippen LogP contribution in [0.15, 0.2) is 24.3 Å². The molecule has 0 aliphatic carbocycles. The van der Waals surface area contributed by atoms with Crippen LogP contribution in [0.1, 0.15) is 39.2 Å². The van der Waals surface area contributed by atoms with Crippen LogP contribution in [0.5, 0.6) is 5.75 Å². The van der Waals surface area contributed by atoms with Gasteiger partial charge in [-0.2, -0.15) is 0 Å². The highest BCUT2D eigenvalue weighted by atomic mass is 16.5. The van der Waals surface area contributed by atoms with Crippen LogP contribution in [0.2, 0.25) is 0 Å². The first-order valence-electron chi connectivity index (χ1n) is 8.05. The van der Waals surface area contributed by atoms with Gasteiger partial charge in [0.2, 0.25) is 0 Å². The van der Waals surface area contributed by atoms with Gasteiger partial charge in [-0.15, -0.1) is 0 Å². The highest BCUT2D eigenvalue weighted by Crippen LogP contribution is 2.24. The molecule has 0 aliphatic rings. The molecule has 120 valence electrons. The van der Waals surface area contributed by atoms with Gasteiger partial charge in [0.1, 0.15) is 5.75 Å². The van der Waals surface area contributed by atoms with Gasteiger partial charge in [-0.3, -0.25) is 0 Å². The van der Waals surface area contributed by atoms with E-state index in [-0.39, 0.29) is 0 Å². The van der Waals surface area contributed by atoms with Gasteiger partial charge in [0.15, 0.2) is 0 Å². The predicted octanol–water partition coefficient (Wildman–Crippen LogP) is 3.54. The first-order chi connectivity index (χ1) is 10.0. The Morgan fingerprint density at radius 1 is 1.29 bits per heavy atom. The average molecular weight is 292 g/mol. The van der Waals surface area contributed by atoms with Crippen molar-refractivity contribution < 1.29 is 4.74 Å². The van der Waals surface area contributed by atoms with Crippen LogP contribution in [0.3, 0.4) is 0 Å². The van der Waals surface area contributed by atoms with Gasteiger partial charge < -0.3 is 15.0 Å². The lowest BCUT2D eigenvalue weighted by Crippen LogP contribution is -2.40. The third-order valence-electron chi connectivity index (χ3n) is 3.89. The molecular weight excluding hydrogens is 260 g/mol. The Kier molecular flexibility index (Phi) is 7.76. The zero-order valence-electron chi connectivity index (χ0n) is 14.4. The van der Waals surface area contributed by atoms with Crippen LogP contribution < -0.4 is 10.1 Å². The van der Waals surface area contributed by atoms with Crippen LogP contribution in [0, 0.1) is 5.41 Å². The Morgan fingerprint density at radius 2 is 2.05 bits per heavy atom. The molecule has 0 fully saturated rings. The minimum absolute atomic E-state index is 0.332. The number of hydrogen-bond acceptors (Lipinski definition) is 3. The molecule has 0 amide bonds. The molecule has 0 aromatic heterocycles. The summed E-state index contributed by atoms with van der Waals surface area (Å²) in [6.07, 6.45) is 2.48. The van der Waals surface area contributed by atoms with Crippen LogP contribution in [-0.2, 0) is 6.54 Å². The Bertz CT molecular complexity index is 408. The molecule has 3 heteroatoms. The fourth-order valence-corrected chi connectivity index (χ4v) is 3.04. The molecule has 1 unspecified atom stereocenters. The summed E-state index contributed by atoms with van der Waals surface area (Å²) >= 11 is 0. The quantitative estimate of drug-likeness (QED) is 0.714. The van der Waals surface area contributed by atoms with Gasteiger partial charge in [0, 0.05) is 19.6 Å². The Labute approximate surface area is 130 Å². The van der Waals surface area contributed by atoms with Crippen LogP contribution in [0.4, 0.5) is 0 Å². The topological polar surface area (TPSA) is 24.5 Å². The third-order valence-corrected chi connectivity index (χ3v) is 3.89. The summed E-state index contributed by atoms with van der Waals surface area (Å²) in [6.45, 7) is 11.0. The Balaban J connectivity index is 2.61. The second-order valence-corrected chi connectivity index (χ2v) is 6.36. The molecule has 0 heterocycles. The van der Waals surface area contributed by atoms with Crippen molar-refractivity contribution in [3.05, 3.63) is 29.8 Å². The molecule has 1 N–H and O–H groups in total. The average Bonchev–Trinajstić information content (AvgIpc) is 2.45. The summed E-state index contributed by atoms with van der Waals surface area (Å²) in [5, 5.41) is 3.51. The van der Waals surface area contributed by atoms with Crippen molar-refractivity contribution in [2.24, 2.45) is 5.41 Å². The van der Waals surface area contributed by atoms with Crippen molar-refractivity contribution >= 4 is 0 Å². The minimum Gasteiger partial charge on any atom is -0.497 e. The molecule has 1 atom stereocenters. The lowest BCUT2D eigenvalue weighted by molar-refractivity contribution is 0.169. The van der Waals surface area contributed by atoms with Crippen molar-refractivity contribution in [2.45, 2.75) is 40.2 Å². The molecule has 0 saturated carbocycles. The first kappa shape index (κ1) is 18.0. The summed E-state index contributed by atoms with van der Waals surface area (Å²) in [5.41, 5.74) is 1.64. The molecule has 3 nitrogen and oxygen atoms in total. The summed E-state index contributed by atoms with van der Waals surface area (Å²) < 4.78 is 5.30. The number of hydrogen-bond donors (Lipinski definition) is 1. The maximum Gasteiger partial charge on any atom is 0.119 e.